The van der Waals surface area contributed by atoms with E-state index in [1.807, 2.05) is 0 Å². The number of hydrogen-bond acceptors (Lipinski definition) is 3. The zero-order valence-corrected chi connectivity index (χ0v) is 6.03. The number of nitrogens with two attached hydrogens (primary N) is 1. The van der Waals surface area contributed by atoms with Crippen LogP contribution in [0.5, 0.6) is 0 Å². The molecule has 0 aliphatic rings. The van der Waals surface area contributed by atoms with Gasteiger partial charge in [0.05, 0.1) is 5.69 Å². The van der Waals surface area contributed by atoms with Gasteiger partial charge in [0.2, 0.25) is 0 Å². The van der Waals surface area contributed by atoms with Crippen LogP contribution in [-0.4, -0.2) is 21.3 Å². The molecule has 0 spiro atoms. The molecule has 0 saturated carbocycles. The van der Waals surface area contributed by atoms with E-state index in [1.54, 1.807) is 13.0 Å². The maximum Gasteiger partial charge on any atom is 0.326 e. The summed E-state index contributed by atoms with van der Waals surface area (Å²) in [6.07, 6.45) is 0. The number of nitrogens with one attached hydrogen (secondary N) is 1. The topological polar surface area (TPSA) is 92.0 Å². The molecule has 0 radical (unpaired) electrons. The number of aromatic amines is 1. The van der Waals surface area contributed by atoms with Crippen molar-refractivity contribution in [3.8, 4) is 0 Å². The fourth-order valence-electron chi connectivity index (χ4n) is 0.725. The van der Waals surface area contributed by atoms with E-state index in [9.17, 15) is 4.79 Å². The van der Waals surface area contributed by atoms with Crippen molar-refractivity contribution < 1.29 is 9.90 Å². The standard InChI is InChI=1S/C6H9N3O2/c1-3-2-4(9-8-3)5(7)6(10)11/h2,5H,7H2,1H3,(H,8,9)(H,10,11). The van der Waals surface area contributed by atoms with Crippen LogP contribution in [0.15, 0.2) is 6.07 Å². The van der Waals surface area contributed by atoms with Gasteiger partial charge in [-0.1, -0.05) is 0 Å². The van der Waals surface area contributed by atoms with E-state index in [4.69, 9.17) is 10.8 Å². The first kappa shape index (κ1) is 7.74. The first-order valence-corrected chi connectivity index (χ1v) is 3.11. The molecule has 0 aliphatic carbocycles. The van der Waals surface area contributed by atoms with E-state index >= 15 is 0 Å². The number of hydrogen-bond donors (Lipinski definition) is 3. The Bertz CT molecular complexity index is 269. The smallest absolute Gasteiger partial charge is 0.326 e. The Morgan fingerprint density at radius 2 is 2.55 bits per heavy atom. The van der Waals surface area contributed by atoms with Gasteiger partial charge in [-0.25, -0.2) is 0 Å². The lowest BCUT2D eigenvalue weighted by Gasteiger charge is -1.98. The van der Waals surface area contributed by atoms with Gasteiger partial charge in [0, 0.05) is 5.69 Å². The predicted octanol–water partition coefficient (Wildman–Crippen LogP) is -0.197. The molecular formula is C6H9N3O2. The van der Waals surface area contributed by atoms with Crippen LogP contribution in [0.25, 0.3) is 0 Å². The summed E-state index contributed by atoms with van der Waals surface area (Å²) in [6.45, 7) is 1.78. The maximum absolute atomic E-state index is 10.3. The summed E-state index contributed by atoms with van der Waals surface area (Å²) in [5.74, 6) is -1.07. The summed E-state index contributed by atoms with van der Waals surface area (Å²) in [5.41, 5.74) is 6.43. The van der Waals surface area contributed by atoms with Crippen LogP contribution < -0.4 is 5.73 Å². The van der Waals surface area contributed by atoms with E-state index in [2.05, 4.69) is 10.2 Å². The highest BCUT2D eigenvalue weighted by Gasteiger charge is 2.16. The molecule has 0 aromatic carbocycles. The fourth-order valence-corrected chi connectivity index (χ4v) is 0.725. The molecule has 1 rings (SSSR count). The third-order valence-corrected chi connectivity index (χ3v) is 1.31. The molecule has 11 heavy (non-hydrogen) atoms. The third-order valence-electron chi connectivity index (χ3n) is 1.31. The molecule has 1 unspecified atom stereocenters. The Balaban J connectivity index is 2.84. The van der Waals surface area contributed by atoms with Crippen LogP contribution in [0.1, 0.15) is 17.4 Å². The molecule has 5 heteroatoms. The second-order valence-electron chi connectivity index (χ2n) is 2.29. The number of aryl methyl sites for hydroxylation is 1. The van der Waals surface area contributed by atoms with Crippen molar-refractivity contribution in [1.29, 1.82) is 0 Å². The molecule has 0 bridgehead atoms. The molecule has 1 atom stereocenters. The lowest BCUT2D eigenvalue weighted by Crippen LogP contribution is -2.20. The Hall–Kier alpha value is -1.36. The molecule has 1 aromatic rings. The second kappa shape index (κ2) is 2.71. The van der Waals surface area contributed by atoms with Gasteiger partial charge in [-0.05, 0) is 13.0 Å². The van der Waals surface area contributed by atoms with E-state index in [1.165, 1.54) is 0 Å². The molecule has 5 nitrogen and oxygen atoms in total. The van der Waals surface area contributed by atoms with Crippen molar-refractivity contribution in [2.24, 2.45) is 5.73 Å². The number of H-pyrrole nitrogens is 1. The fraction of sp³-hybridized carbons (Fsp3) is 0.333. The quantitative estimate of drug-likeness (QED) is 0.551. The van der Waals surface area contributed by atoms with Crippen molar-refractivity contribution in [2.75, 3.05) is 0 Å². The molecule has 4 N–H and O–H groups in total. The Morgan fingerprint density at radius 3 is 2.91 bits per heavy atom. The molecule has 0 aliphatic heterocycles. The highest BCUT2D eigenvalue weighted by molar-refractivity contribution is 5.74. The van der Waals surface area contributed by atoms with Gasteiger partial charge in [0.1, 0.15) is 6.04 Å². The minimum Gasteiger partial charge on any atom is -0.480 e. The van der Waals surface area contributed by atoms with E-state index in [0.717, 1.165) is 5.69 Å². The first-order chi connectivity index (χ1) is 5.11. The summed E-state index contributed by atoms with van der Waals surface area (Å²) in [7, 11) is 0. The van der Waals surface area contributed by atoms with E-state index in [-0.39, 0.29) is 0 Å². The number of aliphatic carboxylic acids is 1. The summed E-state index contributed by atoms with van der Waals surface area (Å²) in [6, 6.07) is 0.582. The van der Waals surface area contributed by atoms with Gasteiger partial charge in [0.15, 0.2) is 0 Å². The zero-order chi connectivity index (χ0) is 8.43. The number of carbonyl (C=O) groups is 1. The Morgan fingerprint density at radius 1 is 1.91 bits per heavy atom. The third kappa shape index (κ3) is 1.56. The minimum absolute atomic E-state index is 0.356. The normalized spacial score (nSPS) is 12.9. The summed E-state index contributed by atoms with van der Waals surface area (Å²) in [5, 5.41) is 14.8. The number of nitrogens with zero attached hydrogens (tertiary/aromatic N) is 1. The van der Waals surface area contributed by atoms with Crippen LogP contribution >= 0.6 is 0 Å². The van der Waals surface area contributed by atoms with Gasteiger partial charge >= 0.3 is 5.97 Å². The van der Waals surface area contributed by atoms with E-state index < -0.39 is 12.0 Å². The molecule has 0 amide bonds. The average molecular weight is 155 g/mol. The van der Waals surface area contributed by atoms with Crippen molar-refractivity contribution in [1.82, 2.24) is 10.2 Å². The van der Waals surface area contributed by atoms with Crippen molar-refractivity contribution >= 4 is 5.97 Å². The lowest BCUT2D eigenvalue weighted by molar-refractivity contribution is -0.138. The predicted molar refractivity (Wildman–Crippen MR) is 37.9 cm³/mol. The van der Waals surface area contributed by atoms with Gasteiger partial charge < -0.3 is 10.8 Å². The largest absolute Gasteiger partial charge is 0.480 e. The summed E-state index contributed by atoms with van der Waals surface area (Å²) in [4.78, 5) is 10.3. The molecule has 1 heterocycles. The highest BCUT2D eigenvalue weighted by Crippen LogP contribution is 2.07. The number of carboxylic acid groups (broad SMARTS) is 1. The second-order valence-corrected chi connectivity index (χ2v) is 2.29. The van der Waals surface area contributed by atoms with Crippen molar-refractivity contribution in [3.63, 3.8) is 0 Å². The summed E-state index contributed by atoms with van der Waals surface area (Å²) < 4.78 is 0. The zero-order valence-electron chi connectivity index (χ0n) is 6.03. The van der Waals surface area contributed by atoms with Gasteiger partial charge in [0.25, 0.3) is 0 Å². The molecule has 1 aromatic heterocycles. The monoisotopic (exact) mass is 155 g/mol. The SMILES string of the molecule is Cc1cc(C(N)C(=O)O)n[nH]1. The van der Waals surface area contributed by atoms with Crippen molar-refractivity contribution in [3.05, 3.63) is 17.5 Å². The average Bonchev–Trinajstić information content (AvgIpc) is 2.34. The molecule has 60 valence electrons. The molecule has 0 saturated heterocycles. The Kier molecular flexibility index (Phi) is 1.91. The van der Waals surface area contributed by atoms with Crippen LogP contribution in [0.4, 0.5) is 0 Å². The van der Waals surface area contributed by atoms with Crippen LogP contribution in [-0.2, 0) is 4.79 Å². The maximum atomic E-state index is 10.3. The molecular weight excluding hydrogens is 146 g/mol. The molecule has 0 fully saturated rings. The van der Waals surface area contributed by atoms with Gasteiger partial charge in [-0.3, -0.25) is 9.89 Å². The van der Waals surface area contributed by atoms with Gasteiger partial charge in [-0.15, -0.1) is 0 Å². The van der Waals surface area contributed by atoms with Crippen LogP contribution in [0.3, 0.4) is 0 Å². The minimum atomic E-state index is -1.07. The first-order valence-electron chi connectivity index (χ1n) is 3.11. The van der Waals surface area contributed by atoms with Gasteiger partial charge in [-0.2, -0.15) is 5.10 Å². The Labute approximate surface area is 63.2 Å². The number of aromatic nitrogens is 2. The van der Waals surface area contributed by atoms with Crippen LogP contribution in [0.2, 0.25) is 0 Å². The lowest BCUT2D eigenvalue weighted by atomic mass is 10.2. The number of rotatable bonds is 2. The van der Waals surface area contributed by atoms with Crippen molar-refractivity contribution in [2.45, 2.75) is 13.0 Å². The summed E-state index contributed by atoms with van der Waals surface area (Å²) >= 11 is 0. The van der Waals surface area contributed by atoms with Crippen LogP contribution in [0, 0.1) is 6.92 Å². The van der Waals surface area contributed by atoms with E-state index in [0.29, 0.717) is 5.69 Å². The highest BCUT2D eigenvalue weighted by atomic mass is 16.4. The number of carboxylic acids is 1.